The summed E-state index contributed by atoms with van der Waals surface area (Å²) in [4.78, 5) is 4.46. The zero-order chi connectivity index (χ0) is 14.9. The standard InChI is InChI=1S/C19H25NO/c1-3-5-6-7-9-16-11-13-17(14-12-16)19-18(21-4-2)10-8-15-20-19/h8,10-15H,3-7,9H2,1-2H3. The number of benzene rings is 1. The Labute approximate surface area is 128 Å². The van der Waals surface area contributed by atoms with Crippen molar-refractivity contribution in [2.24, 2.45) is 0 Å². The first-order valence-corrected chi connectivity index (χ1v) is 8.02. The molecule has 0 amide bonds. The first kappa shape index (κ1) is 15.6. The molecular weight excluding hydrogens is 258 g/mol. The molecule has 0 bridgehead atoms. The molecule has 2 aromatic rings. The molecule has 0 saturated heterocycles. The molecular formula is C19H25NO. The van der Waals surface area contributed by atoms with Gasteiger partial charge in [-0.1, -0.05) is 50.5 Å². The lowest BCUT2D eigenvalue weighted by Crippen LogP contribution is -1.96. The summed E-state index contributed by atoms with van der Waals surface area (Å²) in [5.74, 6) is 0.857. The van der Waals surface area contributed by atoms with Crippen LogP contribution in [0, 0.1) is 0 Å². The molecule has 2 heteroatoms. The van der Waals surface area contributed by atoms with Crippen molar-refractivity contribution in [3.8, 4) is 17.0 Å². The van der Waals surface area contributed by atoms with Crippen LogP contribution in [0.2, 0.25) is 0 Å². The van der Waals surface area contributed by atoms with E-state index in [0.717, 1.165) is 17.0 Å². The van der Waals surface area contributed by atoms with E-state index >= 15 is 0 Å². The summed E-state index contributed by atoms with van der Waals surface area (Å²) in [6.07, 6.45) is 8.22. The van der Waals surface area contributed by atoms with Crippen molar-refractivity contribution in [1.29, 1.82) is 0 Å². The minimum atomic E-state index is 0.661. The SMILES string of the molecule is CCCCCCc1ccc(-c2ncccc2OCC)cc1. The van der Waals surface area contributed by atoms with E-state index in [1.807, 2.05) is 25.3 Å². The molecule has 1 heterocycles. The molecule has 0 N–H and O–H groups in total. The number of aryl methyl sites for hydroxylation is 1. The third-order valence-electron chi connectivity index (χ3n) is 3.62. The van der Waals surface area contributed by atoms with Gasteiger partial charge in [-0.25, -0.2) is 0 Å². The van der Waals surface area contributed by atoms with Crippen molar-refractivity contribution >= 4 is 0 Å². The van der Waals surface area contributed by atoms with Crippen molar-refractivity contribution in [3.05, 3.63) is 48.2 Å². The lowest BCUT2D eigenvalue weighted by molar-refractivity contribution is 0.340. The number of nitrogens with zero attached hydrogens (tertiary/aromatic N) is 1. The van der Waals surface area contributed by atoms with Gasteiger partial charge < -0.3 is 4.74 Å². The Morgan fingerprint density at radius 1 is 0.952 bits per heavy atom. The summed E-state index contributed by atoms with van der Waals surface area (Å²) in [6.45, 7) is 4.90. The molecule has 0 spiro atoms. The van der Waals surface area contributed by atoms with Crippen molar-refractivity contribution in [2.75, 3.05) is 6.61 Å². The highest BCUT2D eigenvalue weighted by molar-refractivity contribution is 5.66. The molecule has 1 aromatic carbocycles. The van der Waals surface area contributed by atoms with Crippen LogP contribution in [0.5, 0.6) is 5.75 Å². The number of hydrogen-bond acceptors (Lipinski definition) is 2. The summed E-state index contributed by atoms with van der Waals surface area (Å²) in [6, 6.07) is 12.6. The van der Waals surface area contributed by atoms with Gasteiger partial charge in [0.2, 0.25) is 0 Å². The maximum atomic E-state index is 5.65. The molecule has 0 radical (unpaired) electrons. The molecule has 2 nitrogen and oxygen atoms in total. The summed E-state index contributed by atoms with van der Waals surface area (Å²) in [5.41, 5.74) is 3.46. The Morgan fingerprint density at radius 3 is 2.48 bits per heavy atom. The Hall–Kier alpha value is -1.83. The highest BCUT2D eigenvalue weighted by Crippen LogP contribution is 2.27. The van der Waals surface area contributed by atoms with E-state index in [9.17, 15) is 0 Å². The fourth-order valence-corrected chi connectivity index (χ4v) is 2.46. The lowest BCUT2D eigenvalue weighted by atomic mass is 10.0. The van der Waals surface area contributed by atoms with E-state index in [1.165, 1.54) is 37.7 Å². The first-order valence-electron chi connectivity index (χ1n) is 8.02. The summed E-state index contributed by atoms with van der Waals surface area (Å²) < 4.78 is 5.65. The Morgan fingerprint density at radius 2 is 1.76 bits per heavy atom. The molecule has 21 heavy (non-hydrogen) atoms. The normalized spacial score (nSPS) is 10.6. The molecule has 0 unspecified atom stereocenters. The van der Waals surface area contributed by atoms with Gasteiger partial charge in [0.1, 0.15) is 11.4 Å². The van der Waals surface area contributed by atoms with E-state index in [1.54, 1.807) is 0 Å². The fourth-order valence-electron chi connectivity index (χ4n) is 2.46. The Balaban J connectivity index is 2.05. The van der Waals surface area contributed by atoms with Crippen LogP contribution in [0.15, 0.2) is 42.6 Å². The predicted octanol–water partition coefficient (Wildman–Crippen LogP) is 5.27. The molecule has 0 saturated carbocycles. The second-order valence-electron chi connectivity index (χ2n) is 5.29. The van der Waals surface area contributed by atoms with Crippen LogP contribution in [-0.2, 0) is 6.42 Å². The molecule has 1 aromatic heterocycles. The van der Waals surface area contributed by atoms with Gasteiger partial charge >= 0.3 is 0 Å². The van der Waals surface area contributed by atoms with E-state index in [2.05, 4.69) is 36.2 Å². The summed E-state index contributed by atoms with van der Waals surface area (Å²) >= 11 is 0. The van der Waals surface area contributed by atoms with Gasteiger partial charge in [-0.15, -0.1) is 0 Å². The average Bonchev–Trinajstić information content (AvgIpc) is 2.53. The van der Waals surface area contributed by atoms with Gasteiger partial charge in [0.05, 0.1) is 6.61 Å². The van der Waals surface area contributed by atoms with Crippen molar-refractivity contribution in [2.45, 2.75) is 46.0 Å². The zero-order valence-electron chi connectivity index (χ0n) is 13.1. The number of hydrogen-bond donors (Lipinski definition) is 0. The van der Waals surface area contributed by atoms with Crippen LogP contribution < -0.4 is 4.74 Å². The zero-order valence-corrected chi connectivity index (χ0v) is 13.1. The van der Waals surface area contributed by atoms with Crippen molar-refractivity contribution in [3.63, 3.8) is 0 Å². The molecule has 112 valence electrons. The van der Waals surface area contributed by atoms with E-state index in [0.29, 0.717) is 6.61 Å². The van der Waals surface area contributed by atoms with Crippen molar-refractivity contribution in [1.82, 2.24) is 4.98 Å². The molecule has 0 fully saturated rings. The third kappa shape index (κ3) is 4.59. The monoisotopic (exact) mass is 283 g/mol. The first-order chi connectivity index (χ1) is 10.3. The summed E-state index contributed by atoms with van der Waals surface area (Å²) in [7, 11) is 0. The van der Waals surface area contributed by atoms with E-state index < -0.39 is 0 Å². The quantitative estimate of drug-likeness (QED) is 0.616. The van der Waals surface area contributed by atoms with Crippen LogP contribution in [-0.4, -0.2) is 11.6 Å². The smallest absolute Gasteiger partial charge is 0.145 e. The number of pyridine rings is 1. The molecule has 0 atom stereocenters. The van der Waals surface area contributed by atoms with Crippen LogP contribution >= 0.6 is 0 Å². The van der Waals surface area contributed by atoms with Gasteiger partial charge in [0, 0.05) is 11.8 Å². The minimum Gasteiger partial charge on any atom is -0.492 e. The predicted molar refractivity (Wildman–Crippen MR) is 88.7 cm³/mol. The maximum absolute atomic E-state index is 5.65. The lowest BCUT2D eigenvalue weighted by Gasteiger charge is -2.09. The molecule has 0 aliphatic heterocycles. The Bertz CT molecular complexity index is 534. The van der Waals surface area contributed by atoms with Gasteiger partial charge in [-0.05, 0) is 37.5 Å². The third-order valence-corrected chi connectivity index (χ3v) is 3.62. The van der Waals surface area contributed by atoms with Gasteiger partial charge in [0.25, 0.3) is 0 Å². The van der Waals surface area contributed by atoms with E-state index in [-0.39, 0.29) is 0 Å². The second kappa shape index (κ2) is 8.46. The minimum absolute atomic E-state index is 0.661. The van der Waals surface area contributed by atoms with E-state index in [4.69, 9.17) is 4.74 Å². The van der Waals surface area contributed by atoms with Gasteiger partial charge in [-0.2, -0.15) is 0 Å². The largest absolute Gasteiger partial charge is 0.492 e. The number of aromatic nitrogens is 1. The van der Waals surface area contributed by atoms with Crippen LogP contribution in [0.4, 0.5) is 0 Å². The van der Waals surface area contributed by atoms with Crippen LogP contribution in [0.3, 0.4) is 0 Å². The average molecular weight is 283 g/mol. The number of unbranched alkanes of at least 4 members (excludes halogenated alkanes) is 3. The van der Waals surface area contributed by atoms with Crippen LogP contribution in [0.1, 0.15) is 45.1 Å². The highest BCUT2D eigenvalue weighted by atomic mass is 16.5. The van der Waals surface area contributed by atoms with Gasteiger partial charge in [0.15, 0.2) is 0 Å². The highest BCUT2D eigenvalue weighted by Gasteiger charge is 2.06. The molecule has 0 aliphatic rings. The fraction of sp³-hybridized carbons (Fsp3) is 0.421. The topological polar surface area (TPSA) is 22.1 Å². The van der Waals surface area contributed by atoms with Crippen LogP contribution in [0.25, 0.3) is 11.3 Å². The number of rotatable bonds is 8. The van der Waals surface area contributed by atoms with Crippen molar-refractivity contribution < 1.29 is 4.74 Å². The second-order valence-corrected chi connectivity index (χ2v) is 5.29. The molecule has 2 rings (SSSR count). The number of ether oxygens (including phenoxy) is 1. The molecule has 0 aliphatic carbocycles. The Kier molecular flexibility index (Phi) is 6.26. The summed E-state index contributed by atoms with van der Waals surface area (Å²) in [5, 5.41) is 0. The van der Waals surface area contributed by atoms with Gasteiger partial charge in [-0.3, -0.25) is 4.98 Å². The maximum Gasteiger partial charge on any atom is 0.145 e.